The minimum atomic E-state index is 0.559. The molecule has 9 nitrogen and oxygen atoms in total. The fourth-order valence-electron chi connectivity index (χ4n) is 4.43. The van der Waals surface area contributed by atoms with E-state index in [1.165, 1.54) is 0 Å². The maximum absolute atomic E-state index is 5.50. The fraction of sp³-hybridized carbons (Fsp3) is 0.565. The number of hydrogen-bond acceptors (Lipinski definition) is 9. The van der Waals surface area contributed by atoms with Crippen LogP contribution < -0.4 is 24.4 Å². The van der Waals surface area contributed by atoms with Gasteiger partial charge in [-0.25, -0.2) is 4.98 Å². The average molecular weight is 444 g/mol. The fourth-order valence-corrected chi connectivity index (χ4v) is 4.43. The van der Waals surface area contributed by atoms with E-state index in [0.29, 0.717) is 23.3 Å². The number of nitrogens with zero attached hydrogens (tertiary/aromatic N) is 4. The molecule has 0 spiro atoms. The Morgan fingerprint density at radius 2 is 1.56 bits per heavy atom. The summed E-state index contributed by atoms with van der Waals surface area (Å²) in [7, 11) is 4.80. The number of aromatic nitrogens is 2. The van der Waals surface area contributed by atoms with Crippen molar-refractivity contribution in [1.82, 2.24) is 14.9 Å². The van der Waals surface area contributed by atoms with Gasteiger partial charge in [0.25, 0.3) is 0 Å². The lowest BCUT2D eigenvalue weighted by Crippen LogP contribution is -2.49. The van der Waals surface area contributed by atoms with Gasteiger partial charge in [-0.15, -0.1) is 0 Å². The number of ether oxygens (including phenoxy) is 4. The third-order valence-electron chi connectivity index (χ3n) is 6.09. The largest absolute Gasteiger partial charge is 0.493 e. The minimum Gasteiger partial charge on any atom is -0.493 e. The molecular formula is C23H33N5O4. The summed E-state index contributed by atoms with van der Waals surface area (Å²) in [5.41, 5.74) is 1.72. The van der Waals surface area contributed by atoms with Gasteiger partial charge in [0.05, 0.1) is 34.5 Å². The molecule has 0 bridgehead atoms. The monoisotopic (exact) mass is 443 g/mol. The topological polar surface area (TPSA) is 81.2 Å². The van der Waals surface area contributed by atoms with Crippen molar-refractivity contribution in [2.75, 3.05) is 70.9 Å². The number of piperidine rings is 1. The Labute approximate surface area is 189 Å². The number of morpholine rings is 1. The first-order chi connectivity index (χ1) is 15.6. The summed E-state index contributed by atoms with van der Waals surface area (Å²) in [5, 5.41) is 3.37. The van der Waals surface area contributed by atoms with Gasteiger partial charge in [0.2, 0.25) is 11.7 Å². The third-order valence-corrected chi connectivity index (χ3v) is 6.09. The van der Waals surface area contributed by atoms with E-state index in [2.05, 4.69) is 15.1 Å². The van der Waals surface area contributed by atoms with E-state index in [9.17, 15) is 0 Å². The molecule has 0 saturated carbocycles. The second kappa shape index (κ2) is 10.2. The number of methoxy groups -OCH3 is 3. The van der Waals surface area contributed by atoms with Gasteiger partial charge in [-0.2, -0.15) is 4.98 Å². The Morgan fingerprint density at radius 1 is 0.906 bits per heavy atom. The maximum atomic E-state index is 5.50. The van der Waals surface area contributed by atoms with Crippen molar-refractivity contribution in [3.8, 4) is 17.2 Å². The summed E-state index contributed by atoms with van der Waals surface area (Å²) >= 11 is 0. The summed E-state index contributed by atoms with van der Waals surface area (Å²) in [4.78, 5) is 14.4. The number of benzene rings is 1. The molecule has 1 aromatic carbocycles. The summed E-state index contributed by atoms with van der Waals surface area (Å²) in [5.74, 6) is 3.23. The molecule has 2 saturated heterocycles. The van der Waals surface area contributed by atoms with Crippen LogP contribution in [0.4, 0.5) is 17.5 Å². The Balaban J connectivity index is 1.48. The van der Waals surface area contributed by atoms with Crippen molar-refractivity contribution in [2.45, 2.75) is 25.8 Å². The van der Waals surface area contributed by atoms with Gasteiger partial charge in [0.15, 0.2) is 11.5 Å². The SMILES string of the molecule is COc1cc(Nc2cc(C)nc(N3CCC(N4CCOCC4)CC3)n2)cc(OC)c1OC. The molecule has 2 fully saturated rings. The lowest BCUT2D eigenvalue weighted by Gasteiger charge is -2.40. The smallest absolute Gasteiger partial charge is 0.227 e. The van der Waals surface area contributed by atoms with Crippen molar-refractivity contribution in [1.29, 1.82) is 0 Å². The third kappa shape index (κ3) is 4.99. The van der Waals surface area contributed by atoms with Gasteiger partial charge in [-0.1, -0.05) is 0 Å². The van der Waals surface area contributed by atoms with Crippen molar-refractivity contribution < 1.29 is 18.9 Å². The lowest BCUT2D eigenvalue weighted by molar-refractivity contribution is 0.0114. The van der Waals surface area contributed by atoms with Gasteiger partial charge >= 0.3 is 0 Å². The first kappa shape index (κ1) is 22.4. The molecule has 0 atom stereocenters. The van der Waals surface area contributed by atoms with E-state index in [1.807, 2.05) is 25.1 Å². The molecule has 9 heteroatoms. The standard InChI is InChI=1S/C23H33N5O4/c1-16-13-21(25-17-14-19(29-2)22(31-4)20(15-17)30-3)26-23(24-16)28-7-5-18(6-8-28)27-9-11-32-12-10-27/h13-15,18H,5-12H2,1-4H3,(H,24,25,26). The van der Waals surface area contributed by atoms with Gasteiger partial charge in [0, 0.05) is 61.8 Å². The van der Waals surface area contributed by atoms with E-state index in [4.69, 9.17) is 28.9 Å². The Morgan fingerprint density at radius 3 is 2.16 bits per heavy atom. The van der Waals surface area contributed by atoms with Crippen molar-refractivity contribution >= 4 is 17.5 Å². The van der Waals surface area contributed by atoms with Crippen LogP contribution in [0.2, 0.25) is 0 Å². The summed E-state index contributed by atoms with van der Waals surface area (Å²) in [6.07, 6.45) is 2.24. The normalized spacial score (nSPS) is 17.8. The van der Waals surface area contributed by atoms with Crippen LogP contribution >= 0.6 is 0 Å². The Kier molecular flexibility index (Phi) is 7.16. The van der Waals surface area contributed by atoms with Crippen LogP contribution in [0.1, 0.15) is 18.5 Å². The first-order valence-corrected chi connectivity index (χ1v) is 11.1. The molecule has 2 aliphatic heterocycles. The van der Waals surface area contributed by atoms with E-state index in [1.54, 1.807) is 21.3 Å². The highest BCUT2D eigenvalue weighted by Crippen LogP contribution is 2.40. The number of rotatable bonds is 7. The molecule has 174 valence electrons. The first-order valence-electron chi connectivity index (χ1n) is 11.1. The van der Waals surface area contributed by atoms with E-state index in [0.717, 1.165) is 75.4 Å². The Bertz CT molecular complexity index is 886. The van der Waals surface area contributed by atoms with E-state index in [-0.39, 0.29) is 0 Å². The molecule has 1 aromatic heterocycles. The highest BCUT2D eigenvalue weighted by atomic mass is 16.5. The number of anilines is 3. The predicted molar refractivity (Wildman–Crippen MR) is 124 cm³/mol. The second-order valence-electron chi connectivity index (χ2n) is 8.10. The quantitative estimate of drug-likeness (QED) is 0.695. The zero-order valence-corrected chi connectivity index (χ0v) is 19.4. The summed E-state index contributed by atoms with van der Waals surface area (Å²) in [6, 6.07) is 6.29. The number of aryl methyl sites for hydroxylation is 1. The van der Waals surface area contributed by atoms with Crippen LogP contribution in [0.3, 0.4) is 0 Å². The van der Waals surface area contributed by atoms with Crippen LogP contribution in [0.25, 0.3) is 0 Å². The van der Waals surface area contributed by atoms with Crippen LogP contribution in [0.5, 0.6) is 17.2 Å². The Hall–Kier alpha value is -2.78. The molecule has 2 aromatic rings. The molecule has 0 radical (unpaired) electrons. The zero-order valence-electron chi connectivity index (χ0n) is 19.4. The summed E-state index contributed by atoms with van der Waals surface area (Å²) in [6.45, 7) is 7.66. The predicted octanol–water partition coefficient (Wildman–Crippen LogP) is 2.86. The molecule has 0 unspecified atom stereocenters. The molecule has 2 aliphatic rings. The van der Waals surface area contributed by atoms with Crippen molar-refractivity contribution in [2.24, 2.45) is 0 Å². The second-order valence-corrected chi connectivity index (χ2v) is 8.10. The highest BCUT2D eigenvalue weighted by Gasteiger charge is 2.27. The molecule has 0 aliphatic carbocycles. The van der Waals surface area contributed by atoms with Gasteiger partial charge in [-0.3, -0.25) is 4.90 Å². The molecular weight excluding hydrogens is 410 g/mol. The van der Waals surface area contributed by atoms with Crippen LogP contribution in [0, 0.1) is 6.92 Å². The van der Waals surface area contributed by atoms with Crippen molar-refractivity contribution in [3.05, 3.63) is 23.9 Å². The molecule has 1 N–H and O–H groups in total. The maximum Gasteiger partial charge on any atom is 0.227 e. The molecule has 0 amide bonds. The number of hydrogen-bond donors (Lipinski definition) is 1. The number of nitrogens with one attached hydrogen (secondary N) is 1. The molecule has 32 heavy (non-hydrogen) atoms. The van der Waals surface area contributed by atoms with Crippen LogP contribution in [-0.2, 0) is 4.74 Å². The van der Waals surface area contributed by atoms with E-state index < -0.39 is 0 Å². The van der Waals surface area contributed by atoms with Crippen LogP contribution in [0.15, 0.2) is 18.2 Å². The lowest BCUT2D eigenvalue weighted by atomic mass is 10.0. The molecule has 4 rings (SSSR count). The summed E-state index contributed by atoms with van der Waals surface area (Å²) < 4.78 is 21.8. The minimum absolute atomic E-state index is 0.559. The van der Waals surface area contributed by atoms with E-state index >= 15 is 0 Å². The molecule has 3 heterocycles. The van der Waals surface area contributed by atoms with Gasteiger partial charge in [0.1, 0.15) is 5.82 Å². The highest BCUT2D eigenvalue weighted by molar-refractivity contribution is 5.67. The average Bonchev–Trinajstić information content (AvgIpc) is 2.83. The van der Waals surface area contributed by atoms with Gasteiger partial charge < -0.3 is 29.2 Å². The van der Waals surface area contributed by atoms with Crippen molar-refractivity contribution in [3.63, 3.8) is 0 Å². The van der Waals surface area contributed by atoms with Crippen LogP contribution in [-0.4, -0.2) is 81.6 Å². The van der Waals surface area contributed by atoms with Gasteiger partial charge in [-0.05, 0) is 19.8 Å². The zero-order chi connectivity index (χ0) is 22.5.